The molecule has 0 aliphatic carbocycles. The number of halogens is 5. The number of rotatable bonds is 4. The molecule has 0 saturated carbocycles. The summed E-state index contributed by atoms with van der Waals surface area (Å²) in [7, 11) is -4.58. The van der Waals surface area contributed by atoms with Gasteiger partial charge in [-0.25, -0.2) is 31.1 Å². The quantitative estimate of drug-likeness (QED) is 0.775. The Bertz CT molecular complexity index is 651. The van der Waals surface area contributed by atoms with Crippen LogP contribution in [0, 0.1) is 11.6 Å². The molecule has 112 valence electrons. The molecule has 0 bridgehead atoms. The fourth-order valence-corrected chi connectivity index (χ4v) is 3.03. The zero-order chi connectivity index (χ0) is 15.7. The summed E-state index contributed by atoms with van der Waals surface area (Å²) in [5.74, 6) is -4.70. The van der Waals surface area contributed by atoms with Crippen molar-refractivity contribution in [2.45, 2.75) is 11.3 Å². The summed E-state index contributed by atoms with van der Waals surface area (Å²) in [4.78, 5) is 10.3. The van der Waals surface area contributed by atoms with Crippen molar-refractivity contribution in [2.75, 3.05) is 6.54 Å². The highest BCUT2D eigenvalue weighted by atomic mass is 79.9. The second kappa shape index (κ2) is 6.06. The van der Waals surface area contributed by atoms with Crippen molar-refractivity contribution in [2.24, 2.45) is 5.14 Å². The first kappa shape index (κ1) is 16.9. The van der Waals surface area contributed by atoms with Gasteiger partial charge in [-0.1, -0.05) is 0 Å². The Kier molecular flexibility index (Phi) is 5.10. The predicted octanol–water partition coefficient (Wildman–Crippen LogP) is 1.37. The van der Waals surface area contributed by atoms with E-state index in [1.165, 1.54) is 0 Å². The molecule has 0 aromatic heterocycles. The predicted molar refractivity (Wildman–Crippen MR) is 63.8 cm³/mol. The van der Waals surface area contributed by atoms with Gasteiger partial charge in [-0.15, -0.1) is 0 Å². The Morgan fingerprint density at radius 2 is 1.95 bits per heavy atom. The Morgan fingerprint density at radius 3 is 2.40 bits per heavy atom. The SMILES string of the molecule is NS(=O)(=O)c1c(Br)cc(F)c(C(=O)NCC(F)F)c1F. The lowest BCUT2D eigenvalue weighted by molar-refractivity contribution is 0.0882. The minimum atomic E-state index is -4.58. The van der Waals surface area contributed by atoms with Gasteiger partial charge >= 0.3 is 0 Å². The molecule has 0 radical (unpaired) electrons. The van der Waals surface area contributed by atoms with Crippen molar-refractivity contribution in [1.82, 2.24) is 5.32 Å². The number of nitrogens with one attached hydrogen (secondary N) is 1. The second-order valence-corrected chi connectivity index (χ2v) is 5.86. The molecule has 3 N–H and O–H groups in total. The lowest BCUT2D eigenvalue weighted by Crippen LogP contribution is -2.31. The van der Waals surface area contributed by atoms with Gasteiger partial charge in [-0.05, 0) is 22.0 Å². The Morgan fingerprint density at radius 1 is 1.40 bits per heavy atom. The molecule has 5 nitrogen and oxygen atoms in total. The molecule has 0 spiro atoms. The van der Waals surface area contributed by atoms with Crippen molar-refractivity contribution in [3.05, 3.63) is 27.7 Å². The number of sulfonamides is 1. The van der Waals surface area contributed by atoms with Gasteiger partial charge in [0.2, 0.25) is 10.0 Å². The van der Waals surface area contributed by atoms with E-state index in [4.69, 9.17) is 5.14 Å². The number of carbonyl (C=O) groups is 1. The fourth-order valence-electron chi connectivity index (χ4n) is 1.30. The third-order valence-electron chi connectivity index (χ3n) is 2.06. The van der Waals surface area contributed by atoms with E-state index in [-0.39, 0.29) is 0 Å². The van der Waals surface area contributed by atoms with Crippen LogP contribution in [0.3, 0.4) is 0 Å². The summed E-state index contributed by atoms with van der Waals surface area (Å²) < 4.78 is 73.0. The molecule has 0 fully saturated rings. The van der Waals surface area contributed by atoms with Crippen LogP contribution >= 0.6 is 15.9 Å². The summed E-state index contributed by atoms with van der Waals surface area (Å²) in [6.07, 6.45) is -2.93. The molecule has 11 heteroatoms. The first-order valence-corrected chi connectivity index (χ1v) is 7.16. The molecular formula is C9H7BrF4N2O3S. The minimum Gasteiger partial charge on any atom is -0.346 e. The van der Waals surface area contributed by atoms with E-state index in [9.17, 15) is 30.8 Å². The third kappa shape index (κ3) is 3.67. The summed E-state index contributed by atoms with van der Waals surface area (Å²) in [5.41, 5.74) is -1.31. The summed E-state index contributed by atoms with van der Waals surface area (Å²) in [6, 6.07) is 0.500. The summed E-state index contributed by atoms with van der Waals surface area (Å²) in [5, 5.41) is 6.29. The molecule has 1 rings (SSSR count). The number of nitrogens with two attached hydrogens (primary N) is 1. The molecule has 0 aliphatic rings. The van der Waals surface area contributed by atoms with E-state index in [0.717, 1.165) is 0 Å². The highest BCUT2D eigenvalue weighted by molar-refractivity contribution is 9.10. The first-order valence-electron chi connectivity index (χ1n) is 4.82. The standard InChI is InChI=1S/C9H7BrF4N2O3S/c10-3-1-4(11)6(9(17)16-2-5(12)13)7(14)8(3)20(15,18)19/h1,5H,2H2,(H,16,17)(H2,15,18,19). The van der Waals surface area contributed by atoms with Crippen molar-refractivity contribution in [3.8, 4) is 0 Å². The molecular weight excluding hydrogens is 372 g/mol. The van der Waals surface area contributed by atoms with Crippen LogP contribution in [-0.4, -0.2) is 27.3 Å². The molecule has 0 heterocycles. The second-order valence-electron chi connectivity index (χ2n) is 3.50. The van der Waals surface area contributed by atoms with E-state index in [2.05, 4.69) is 15.9 Å². The number of hydrogen-bond donors (Lipinski definition) is 2. The van der Waals surface area contributed by atoms with Gasteiger partial charge in [0.1, 0.15) is 16.3 Å². The molecule has 0 aliphatic heterocycles. The van der Waals surface area contributed by atoms with E-state index in [1.807, 2.05) is 0 Å². The maximum Gasteiger partial charge on any atom is 0.257 e. The van der Waals surface area contributed by atoms with Crippen molar-refractivity contribution < 1.29 is 30.8 Å². The number of alkyl halides is 2. The highest BCUT2D eigenvalue weighted by Gasteiger charge is 2.28. The Balaban J connectivity index is 3.38. The number of carbonyl (C=O) groups excluding carboxylic acids is 1. The molecule has 1 amide bonds. The maximum absolute atomic E-state index is 13.9. The van der Waals surface area contributed by atoms with Gasteiger partial charge in [0.15, 0.2) is 5.82 Å². The average molecular weight is 379 g/mol. The molecule has 1 aromatic carbocycles. The van der Waals surface area contributed by atoms with Gasteiger partial charge in [-0.2, -0.15) is 0 Å². The molecule has 20 heavy (non-hydrogen) atoms. The molecule has 1 aromatic rings. The van der Waals surface area contributed by atoms with Crippen molar-refractivity contribution >= 4 is 31.9 Å². The van der Waals surface area contributed by atoms with Gasteiger partial charge in [0.05, 0.1) is 6.54 Å². The minimum absolute atomic E-state index is 0.500. The van der Waals surface area contributed by atoms with E-state index in [0.29, 0.717) is 6.07 Å². The van der Waals surface area contributed by atoms with Crippen LogP contribution in [0.4, 0.5) is 17.6 Å². The zero-order valence-electron chi connectivity index (χ0n) is 9.46. The van der Waals surface area contributed by atoms with Crippen LogP contribution in [0.2, 0.25) is 0 Å². The number of hydrogen-bond acceptors (Lipinski definition) is 3. The molecule has 0 atom stereocenters. The third-order valence-corrected chi connectivity index (χ3v) is 3.91. The van der Waals surface area contributed by atoms with Crippen LogP contribution in [0.15, 0.2) is 15.4 Å². The van der Waals surface area contributed by atoms with Crippen LogP contribution < -0.4 is 10.5 Å². The van der Waals surface area contributed by atoms with Gasteiger partial charge < -0.3 is 5.32 Å². The maximum atomic E-state index is 13.9. The van der Waals surface area contributed by atoms with Gasteiger partial charge in [-0.3, -0.25) is 4.79 Å². The van der Waals surface area contributed by atoms with Crippen LogP contribution in [-0.2, 0) is 10.0 Å². The van der Waals surface area contributed by atoms with Crippen LogP contribution in [0.1, 0.15) is 10.4 Å². The molecule has 0 unspecified atom stereocenters. The normalized spacial score (nSPS) is 11.8. The first-order chi connectivity index (χ1) is 9.05. The largest absolute Gasteiger partial charge is 0.346 e. The summed E-state index contributed by atoms with van der Waals surface area (Å²) in [6.45, 7) is -1.14. The Labute approximate surface area is 119 Å². The number of amides is 1. The van der Waals surface area contributed by atoms with Crippen molar-refractivity contribution in [1.29, 1.82) is 0 Å². The van der Waals surface area contributed by atoms with Gasteiger partial charge in [0, 0.05) is 4.47 Å². The van der Waals surface area contributed by atoms with Crippen molar-refractivity contribution in [3.63, 3.8) is 0 Å². The summed E-state index contributed by atoms with van der Waals surface area (Å²) >= 11 is 2.59. The van der Waals surface area contributed by atoms with Crippen LogP contribution in [0.5, 0.6) is 0 Å². The Hall–Kier alpha value is -1.20. The van der Waals surface area contributed by atoms with Crippen LogP contribution in [0.25, 0.3) is 0 Å². The zero-order valence-corrected chi connectivity index (χ0v) is 11.9. The highest BCUT2D eigenvalue weighted by Crippen LogP contribution is 2.28. The number of benzene rings is 1. The van der Waals surface area contributed by atoms with E-state index in [1.54, 1.807) is 5.32 Å². The lowest BCUT2D eigenvalue weighted by atomic mass is 10.2. The topological polar surface area (TPSA) is 89.3 Å². The van der Waals surface area contributed by atoms with Gasteiger partial charge in [0.25, 0.3) is 12.3 Å². The monoisotopic (exact) mass is 378 g/mol. The average Bonchev–Trinajstić information content (AvgIpc) is 2.23. The van der Waals surface area contributed by atoms with E-state index < -0.39 is 55.5 Å². The molecule has 0 saturated heterocycles. The van der Waals surface area contributed by atoms with E-state index >= 15 is 0 Å². The number of primary sulfonamides is 1. The smallest absolute Gasteiger partial charge is 0.257 e. The fraction of sp³-hybridized carbons (Fsp3) is 0.222. The lowest BCUT2D eigenvalue weighted by Gasteiger charge is -2.10.